The van der Waals surface area contributed by atoms with E-state index in [0.29, 0.717) is 13.1 Å². The first kappa shape index (κ1) is 16.5. The summed E-state index contributed by atoms with van der Waals surface area (Å²) in [6.45, 7) is 3.29. The maximum absolute atomic E-state index is 5.31. The normalized spacial score (nSPS) is 13.2. The van der Waals surface area contributed by atoms with Crippen molar-refractivity contribution < 1.29 is 9.15 Å². The maximum Gasteiger partial charge on any atom is 0.194 e. The van der Waals surface area contributed by atoms with Crippen molar-refractivity contribution in [2.24, 2.45) is 4.99 Å². The topological polar surface area (TPSA) is 62.9 Å². The quantitative estimate of drug-likeness (QED) is 0.654. The van der Waals surface area contributed by atoms with Gasteiger partial charge in [0.15, 0.2) is 5.96 Å². The third kappa shape index (κ3) is 4.32. The summed E-state index contributed by atoms with van der Waals surface area (Å²) >= 11 is 1.62. The molecule has 0 aliphatic rings. The van der Waals surface area contributed by atoms with Gasteiger partial charge in [-0.3, -0.25) is 4.99 Å². The molecule has 0 aliphatic heterocycles. The highest BCUT2D eigenvalue weighted by Crippen LogP contribution is 2.20. The average Bonchev–Trinajstić information content (AvgIpc) is 3.18. The van der Waals surface area contributed by atoms with Gasteiger partial charge in [-0.05, 0) is 19.1 Å². The molecule has 1 unspecified atom stereocenters. The van der Waals surface area contributed by atoms with Crippen molar-refractivity contribution in [3.63, 3.8) is 0 Å². The highest BCUT2D eigenvalue weighted by Gasteiger charge is 2.12. The van der Waals surface area contributed by atoms with E-state index in [9.17, 15) is 0 Å². The van der Waals surface area contributed by atoms with Gasteiger partial charge >= 0.3 is 0 Å². The molecule has 7 heteroatoms. The molecular formula is C15H22N4O2S. The average molecular weight is 322 g/mol. The molecule has 0 saturated carbocycles. The lowest BCUT2D eigenvalue weighted by molar-refractivity contribution is 0.119. The zero-order chi connectivity index (χ0) is 15.9. The lowest BCUT2D eigenvalue weighted by atomic mass is 10.4. The SMILES string of the molecule is CN=C(NCc1ccco1)N(C)Cc1csc(C(C)OC)n1. The predicted molar refractivity (Wildman–Crippen MR) is 87.9 cm³/mol. The van der Waals surface area contributed by atoms with E-state index in [4.69, 9.17) is 9.15 Å². The van der Waals surface area contributed by atoms with Gasteiger partial charge in [-0.2, -0.15) is 0 Å². The smallest absolute Gasteiger partial charge is 0.194 e. The first-order valence-corrected chi connectivity index (χ1v) is 7.93. The summed E-state index contributed by atoms with van der Waals surface area (Å²) in [4.78, 5) is 10.9. The molecule has 120 valence electrons. The van der Waals surface area contributed by atoms with Crippen molar-refractivity contribution in [3.05, 3.63) is 40.2 Å². The van der Waals surface area contributed by atoms with Crippen molar-refractivity contribution in [1.29, 1.82) is 0 Å². The van der Waals surface area contributed by atoms with Gasteiger partial charge in [0, 0.05) is 26.6 Å². The number of nitrogens with one attached hydrogen (secondary N) is 1. The number of guanidine groups is 1. The van der Waals surface area contributed by atoms with Crippen LogP contribution in [0.15, 0.2) is 33.2 Å². The fourth-order valence-corrected chi connectivity index (χ4v) is 2.81. The molecule has 1 atom stereocenters. The molecule has 6 nitrogen and oxygen atoms in total. The number of aliphatic imine (C=N–C) groups is 1. The van der Waals surface area contributed by atoms with E-state index < -0.39 is 0 Å². The summed E-state index contributed by atoms with van der Waals surface area (Å²) in [5, 5.41) is 6.31. The third-order valence-corrected chi connectivity index (χ3v) is 4.30. The second-order valence-corrected chi connectivity index (χ2v) is 5.78. The van der Waals surface area contributed by atoms with Gasteiger partial charge in [0.25, 0.3) is 0 Å². The lowest BCUT2D eigenvalue weighted by Crippen LogP contribution is -2.38. The molecule has 2 heterocycles. The Balaban J connectivity index is 1.91. The molecule has 2 aromatic heterocycles. The summed E-state index contributed by atoms with van der Waals surface area (Å²) in [5.41, 5.74) is 1.01. The van der Waals surface area contributed by atoms with Crippen LogP contribution in [0, 0.1) is 0 Å². The summed E-state index contributed by atoms with van der Waals surface area (Å²) in [7, 11) is 5.44. The van der Waals surface area contributed by atoms with Gasteiger partial charge in [0.2, 0.25) is 0 Å². The zero-order valence-electron chi connectivity index (χ0n) is 13.4. The molecule has 0 saturated heterocycles. The van der Waals surface area contributed by atoms with Crippen molar-refractivity contribution in [2.75, 3.05) is 21.2 Å². The van der Waals surface area contributed by atoms with Crippen LogP contribution in [0.3, 0.4) is 0 Å². The minimum absolute atomic E-state index is 0.0282. The van der Waals surface area contributed by atoms with Crippen molar-refractivity contribution in [2.45, 2.75) is 26.1 Å². The number of furan rings is 1. The van der Waals surface area contributed by atoms with Crippen molar-refractivity contribution in [3.8, 4) is 0 Å². The summed E-state index contributed by atoms with van der Waals surface area (Å²) < 4.78 is 10.6. The number of hydrogen-bond acceptors (Lipinski definition) is 5. The number of thiazole rings is 1. The molecule has 0 bridgehead atoms. The van der Waals surface area contributed by atoms with Crippen LogP contribution in [0.5, 0.6) is 0 Å². The zero-order valence-corrected chi connectivity index (χ0v) is 14.2. The van der Waals surface area contributed by atoms with Gasteiger partial charge < -0.3 is 19.4 Å². The first-order chi connectivity index (χ1) is 10.6. The van der Waals surface area contributed by atoms with Crippen LogP contribution in [0.1, 0.15) is 29.5 Å². The minimum Gasteiger partial charge on any atom is -0.467 e. The Kier molecular flexibility index (Phi) is 5.97. The number of ether oxygens (including phenoxy) is 1. The summed E-state index contributed by atoms with van der Waals surface area (Å²) in [6, 6.07) is 3.80. The van der Waals surface area contributed by atoms with E-state index >= 15 is 0 Å². The number of methoxy groups -OCH3 is 1. The molecule has 2 rings (SSSR count). The summed E-state index contributed by atoms with van der Waals surface area (Å²) in [5.74, 6) is 1.67. The molecule has 22 heavy (non-hydrogen) atoms. The minimum atomic E-state index is 0.0282. The fraction of sp³-hybridized carbons (Fsp3) is 0.467. The van der Waals surface area contributed by atoms with Crippen LogP contribution in [0.2, 0.25) is 0 Å². The second kappa shape index (κ2) is 7.95. The fourth-order valence-electron chi connectivity index (χ4n) is 1.96. The van der Waals surface area contributed by atoms with Gasteiger partial charge in [0.1, 0.15) is 16.9 Å². The molecule has 0 aromatic carbocycles. The van der Waals surface area contributed by atoms with E-state index in [0.717, 1.165) is 22.4 Å². The Morgan fingerprint density at radius 2 is 2.41 bits per heavy atom. The molecule has 0 amide bonds. The Labute approximate surface area is 134 Å². The van der Waals surface area contributed by atoms with E-state index in [1.54, 1.807) is 31.8 Å². The standard InChI is InChI=1S/C15H22N4O2S/c1-11(20-4)14-18-12(10-22-14)9-19(3)15(16-2)17-8-13-6-5-7-21-13/h5-7,10-11H,8-9H2,1-4H3,(H,16,17). The second-order valence-electron chi connectivity index (χ2n) is 4.89. The van der Waals surface area contributed by atoms with Crippen LogP contribution in [-0.4, -0.2) is 37.0 Å². The first-order valence-electron chi connectivity index (χ1n) is 7.05. The lowest BCUT2D eigenvalue weighted by Gasteiger charge is -2.20. The Bertz CT molecular complexity index is 594. The van der Waals surface area contributed by atoms with Crippen molar-refractivity contribution in [1.82, 2.24) is 15.2 Å². The van der Waals surface area contributed by atoms with Crippen LogP contribution in [0.25, 0.3) is 0 Å². The molecule has 0 radical (unpaired) electrons. The maximum atomic E-state index is 5.31. The van der Waals surface area contributed by atoms with Crippen molar-refractivity contribution >= 4 is 17.3 Å². The number of aromatic nitrogens is 1. The Morgan fingerprint density at radius 3 is 3.05 bits per heavy atom. The van der Waals surface area contributed by atoms with E-state index in [1.807, 2.05) is 31.0 Å². The summed E-state index contributed by atoms with van der Waals surface area (Å²) in [6.07, 6.45) is 1.69. The van der Waals surface area contributed by atoms with Crippen LogP contribution < -0.4 is 5.32 Å². The molecule has 2 aromatic rings. The van der Waals surface area contributed by atoms with E-state index in [1.165, 1.54) is 0 Å². The van der Waals surface area contributed by atoms with Gasteiger partial charge in [0.05, 0.1) is 25.0 Å². The van der Waals surface area contributed by atoms with Crippen LogP contribution >= 0.6 is 11.3 Å². The molecular weight excluding hydrogens is 300 g/mol. The Morgan fingerprint density at radius 1 is 1.59 bits per heavy atom. The highest BCUT2D eigenvalue weighted by atomic mass is 32.1. The molecule has 1 N–H and O–H groups in total. The molecule has 0 spiro atoms. The van der Waals surface area contributed by atoms with Gasteiger partial charge in [-0.25, -0.2) is 4.98 Å². The number of nitrogens with zero attached hydrogens (tertiary/aromatic N) is 3. The molecule has 0 aliphatic carbocycles. The van der Waals surface area contributed by atoms with E-state index in [2.05, 4.69) is 20.7 Å². The van der Waals surface area contributed by atoms with Gasteiger partial charge in [-0.15, -0.1) is 11.3 Å². The Hall–Kier alpha value is -1.86. The predicted octanol–water partition coefficient (Wildman–Crippen LogP) is 2.65. The van der Waals surface area contributed by atoms with Crippen LogP contribution in [0.4, 0.5) is 0 Å². The van der Waals surface area contributed by atoms with Gasteiger partial charge in [-0.1, -0.05) is 0 Å². The van der Waals surface area contributed by atoms with E-state index in [-0.39, 0.29) is 6.10 Å². The number of rotatable bonds is 6. The van der Waals surface area contributed by atoms with Crippen LogP contribution in [-0.2, 0) is 17.8 Å². The monoisotopic (exact) mass is 322 g/mol. The number of hydrogen-bond donors (Lipinski definition) is 1. The molecule has 0 fully saturated rings. The largest absolute Gasteiger partial charge is 0.467 e. The highest BCUT2D eigenvalue weighted by molar-refractivity contribution is 7.09. The third-order valence-electron chi connectivity index (χ3n) is 3.24.